The van der Waals surface area contributed by atoms with Crippen LogP contribution in [-0.4, -0.2) is 38.0 Å². The molecule has 0 aliphatic carbocycles. The molecule has 6 heteroatoms. The minimum Gasteiger partial charge on any atom is -0.345 e. The Morgan fingerprint density at radius 1 is 1.20 bits per heavy atom. The molecular formula is C14H19ClF2N2O. The number of benzene rings is 1. The second-order valence-corrected chi connectivity index (χ2v) is 5.08. The number of carbonyl (C=O) groups excluding carboxylic acids is 1. The first-order valence-electron chi connectivity index (χ1n) is 6.42. The average Bonchev–Trinajstić information content (AvgIpc) is 2.41. The normalized spacial score (nSPS) is 15.6. The Morgan fingerprint density at radius 2 is 1.80 bits per heavy atom. The fraction of sp³-hybridized carbons (Fsp3) is 0.500. The van der Waals surface area contributed by atoms with Gasteiger partial charge in [0.15, 0.2) is 0 Å². The van der Waals surface area contributed by atoms with Crippen LogP contribution in [0.4, 0.5) is 8.78 Å². The van der Waals surface area contributed by atoms with Gasteiger partial charge < -0.3 is 10.2 Å². The molecule has 0 radical (unpaired) electrons. The van der Waals surface area contributed by atoms with Crippen LogP contribution in [0.2, 0.25) is 0 Å². The minimum absolute atomic E-state index is 0. The summed E-state index contributed by atoms with van der Waals surface area (Å²) in [6.45, 7) is 1.62. The van der Waals surface area contributed by atoms with Crippen LogP contribution in [0.3, 0.4) is 0 Å². The lowest BCUT2D eigenvalue weighted by Gasteiger charge is -2.24. The summed E-state index contributed by atoms with van der Waals surface area (Å²) < 4.78 is 28.0. The summed E-state index contributed by atoms with van der Waals surface area (Å²) in [6.07, 6.45) is 1.58. The quantitative estimate of drug-likeness (QED) is 0.911. The maximum absolute atomic E-state index is 14.1. The molecule has 1 amide bonds. The van der Waals surface area contributed by atoms with E-state index in [1.807, 2.05) is 0 Å². The molecule has 0 bridgehead atoms. The van der Waals surface area contributed by atoms with Crippen molar-refractivity contribution in [3.05, 3.63) is 34.9 Å². The van der Waals surface area contributed by atoms with Gasteiger partial charge >= 0.3 is 0 Å². The molecule has 1 N–H and O–H groups in total. The highest BCUT2D eigenvalue weighted by Gasteiger charge is 2.23. The molecule has 1 aromatic rings. The number of nitrogens with one attached hydrogen (secondary N) is 1. The second-order valence-electron chi connectivity index (χ2n) is 5.08. The highest BCUT2D eigenvalue weighted by atomic mass is 35.5. The fourth-order valence-electron chi connectivity index (χ4n) is 2.41. The van der Waals surface area contributed by atoms with Crippen LogP contribution in [0.15, 0.2) is 12.1 Å². The van der Waals surface area contributed by atoms with Crippen molar-refractivity contribution in [3.8, 4) is 0 Å². The summed E-state index contributed by atoms with van der Waals surface area (Å²) in [5, 5.41) is 3.19. The fourth-order valence-corrected chi connectivity index (χ4v) is 2.41. The van der Waals surface area contributed by atoms with Crippen LogP contribution in [-0.2, 0) is 0 Å². The van der Waals surface area contributed by atoms with Gasteiger partial charge in [0.2, 0.25) is 0 Å². The van der Waals surface area contributed by atoms with E-state index in [2.05, 4.69) is 5.32 Å². The largest absolute Gasteiger partial charge is 0.345 e. The number of rotatable bonds is 2. The SMILES string of the molecule is CN(C)C(=O)c1cc(F)c(C2CCNCC2)cc1F.Cl. The zero-order chi connectivity index (χ0) is 14.0. The van der Waals surface area contributed by atoms with Crippen molar-refractivity contribution in [1.29, 1.82) is 0 Å². The maximum atomic E-state index is 14.1. The van der Waals surface area contributed by atoms with Crippen molar-refractivity contribution < 1.29 is 13.6 Å². The van der Waals surface area contributed by atoms with Crippen LogP contribution in [0.1, 0.15) is 34.7 Å². The number of nitrogens with zero attached hydrogens (tertiary/aromatic N) is 1. The van der Waals surface area contributed by atoms with Gasteiger partial charge in [-0.3, -0.25) is 4.79 Å². The van der Waals surface area contributed by atoms with Crippen LogP contribution < -0.4 is 5.32 Å². The first-order valence-corrected chi connectivity index (χ1v) is 6.42. The standard InChI is InChI=1S/C14H18F2N2O.ClH/c1-18(2)14(19)11-8-12(15)10(7-13(11)16)9-3-5-17-6-4-9;/h7-9,17H,3-6H2,1-2H3;1H. The zero-order valence-corrected chi connectivity index (χ0v) is 12.4. The molecular weight excluding hydrogens is 286 g/mol. The third-order valence-electron chi connectivity index (χ3n) is 3.50. The van der Waals surface area contributed by atoms with Gasteiger partial charge in [-0.15, -0.1) is 12.4 Å². The predicted octanol–water partition coefficient (Wildman–Crippen LogP) is 2.56. The Balaban J connectivity index is 0.00000200. The van der Waals surface area contributed by atoms with Crippen LogP contribution in [0, 0.1) is 11.6 Å². The Hall–Kier alpha value is -1.20. The third-order valence-corrected chi connectivity index (χ3v) is 3.50. The van der Waals surface area contributed by atoms with Crippen molar-refractivity contribution in [2.75, 3.05) is 27.2 Å². The Kier molecular flexibility index (Phi) is 5.89. The summed E-state index contributed by atoms with van der Waals surface area (Å²) in [6, 6.07) is 2.21. The molecule has 0 unspecified atom stereocenters. The number of amides is 1. The number of hydrogen-bond donors (Lipinski definition) is 1. The van der Waals surface area contributed by atoms with Crippen LogP contribution >= 0.6 is 12.4 Å². The molecule has 3 nitrogen and oxygen atoms in total. The highest BCUT2D eigenvalue weighted by molar-refractivity contribution is 5.94. The number of hydrogen-bond acceptors (Lipinski definition) is 2. The van der Waals surface area contributed by atoms with Crippen molar-refractivity contribution in [1.82, 2.24) is 10.2 Å². The van der Waals surface area contributed by atoms with E-state index in [1.165, 1.54) is 25.1 Å². The Labute approximate surface area is 123 Å². The molecule has 1 saturated heterocycles. The average molecular weight is 305 g/mol. The summed E-state index contributed by atoms with van der Waals surface area (Å²) in [7, 11) is 3.03. The molecule has 1 aliphatic rings. The van der Waals surface area contributed by atoms with Gasteiger partial charge in [-0.05, 0) is 49.5 Å². The van der Waals surface area contributed by atoms with Gasteiger partial charge in [-0.1, -0.05) is 0 Å². The van der Waals surface area contributed by atoms with E-state index in [4.69, 9.17) is 0 Å². The molecule has 0 saturated carbocycles. The molecule has 2 rings (SSSR count). The Bertz CT molecular complexity index is 488. The van der Waals surface area contributed by atoms with Crippen molar-refractivity contribution in [3.63, 3.8) is 0 Å². The first kappa shape index (κ1) is 16.9. The number of piperidine rings is 1. The lowest BCUT2D eigenvalue weighted by molar-refractivity contribution is 0.0822. The summed E-state index contributed by atoms with van der Waals surface area (Å²) >= 11 is 0. The van der Waals surface area contributed by atoms with Crippen molar-refractivity contribution in [2.24, 2.45) is 0 Å². The van der Waals surface area contributed by atoms with Gasteiger partial charge in [0.05, 0.1) is 5.56 Å². The van der Waals surface area contributed by atoms with Crippen LogP contribution in [0.5, 0.6) is 0 Å². The van der Waals surface area contributed by atoms with E-state index >= 15 is 0 Å². The van der Waals surface area contributed by atoms with Gasteiger partial charge in [-0.25, -0.2) is 8.78 Å². The molecule has 0 atom stereocenters. The van der Waals surface area contributed by atoms with Gasteiger partial charge in [0, 0.05) is 14.1 Å². The van der Waals surface area contributed by atoms with E-state index in [0.29, 0.717) is 5.56 Å². The number of halogens is 3. The first-order chi connectivity index (χ1) is 9.00. The molecule has 0 spiro atoms. The zero-order valence-electron chi connectivity index (χ0n) is 11.6. The van der Waals surface area contributed by atoms with E-state index in [9.17, 15) is 13.6 Å². The van der Waals surface area contributed by atoms with Gasteiger partial charge in [-0.2, -0.15) is 0 Å². The molecule has 112 valence electrons. The van der Waals surface area contributed by atoms with Crippen molar-refractivity contribution in [2.45, 2.75) is 18.8 Å². The molecule has 20 heavy (non-hydrogen) atoms. The van der Waals surface area contributed by atoms with E-state index in [0.717, 1.165) is 32.0 Å². The molecule has 1 heterocycles. The summed E-state index contributed by atoms with van der Waals surface area (Å²) in [5.74, 6) is -1.63. The Morgan fingerprint density at radius 3 is 2.35 bits per heavy atom. The van der Waals surface area contributed by atoms with Gasteiger partial charge in [0.1, 0.15) is 11.6 Å². The second kappa shape index (κ2) is 6.99. The lowest BCUT2D eigenvalue weighted by atomic mass is 9.89. The summed E-state index contributed by atoms with van der Waals surface area (Å²) in [4.78, 5) is 13.0. The molecule has 1 aliphatic heterocycles. The van der Waals surface area contributed by atoms with Crippen LogP contribution in [0.25, 0.3) is 0 Å². The van der Waals surface area contributed by atoms with E-state index < -0.39 is 17.5 Å². The summed E-state index contributed by atoms with van der Waals surface area (Å²) in [5.41, 5.74) is 0.175. The molecule has 0 aromatic heterocycles. The minimum atomic E-state index is -0.645. The van der Waals surface area contributed by atoms with Crippen molar-refractivity contribution >= 4 is 18.3 Å². The van der Waals surface area contributed by atoms with E-state index in [-0.39, 0.29) is 23.9 Å². The van der Waals surface area contributed by atoms with Gasteiger partial charge in [0.25, 0.3) is 5.91 Å². The smallest absolute Gasteiger partial charge is 0.256 e. The molecule has 1 aromatic carbocycles. The predicted molar refractivity (Wildman–Crippen MR) is 76.5 cm³/mol. The molecule has 1 fully saturated rings. The highest BCUT2D eigenvalue weighted by Crippen LogP contribution is 2.29. The lowest BCUT2D eigenvalue weighted by Crippen LogP contribution is -2.27. The van der Waals surface area contributed by atoms with E-state index in [1.54, 1.807) is 0 Å². The maximum Gasteiger partial charge on any atom is 0.256 e. The topological polar surface area (TPSA) is 32.3 Å². The number of carbonyl (C=O) groups is 1. The monoisotopic (exact) mass is 304 g/mol. The third kappa shape index (κ3) is 3.46.